The van der Waals surface area contributed by atoms with Gasteiger partial charge in [-0.1, -0.05) is 37.1 Å². The number of allylic oxidation sites excluding steroid dienone is 4. The molecule has 2 nitrogen and oxygen atoms in total. The standard InChI is InChI=1S/2C10H18O/c2*1-3-4-5-6-7-8-9-10(2)11/h2*3-4H,5-9H2,1-2H3. The number of Topliss-reactive ketones (excluding diaryl/α,β-unsaturated/α-hetero) is 2. The highest BCUT2D eigenvalue weighted by Gasteiger charge is 1.92. The van der Waals surface area contributed by atoms with Gasteiger partial charge in [0, 0.05) is 12.8 Å². The third-order valence-electron chi connectivity index (χ3n) is 3.27. The zero-order valence-electron chi connectivity index (χ0n) is 15.2. The minimum atomic E-state index is 0.316. The lowest BCUT2D eigenvalue weighted by Gasteiger charge is -1.94. The van der Waals surface area contributed by atoms with E-state index in [1.165, 1.54) is 25.7 Å². The molecule has 0 heterocycles. The van der Waals surface area contributed by atoms with Crippen LogP contribution in [0.25, 0.3) is 0 Å². The van der Waals surface area contributed by atoms with Gasteiger partial charge in [0.1, 0.15) is 11.6 Å². The number of unbranched alkanes of at least 4 members (excludes halogenated alkanes) is 6. The summed E-state index contributed by atoms with van der Waals surface area (Å²) in [6.07, 6.45) is 19.3. The minimum Gasteiger partial charge on any atom is -0.300 e. The van der Waals surface area contributed by atoms with Crippen molar-refractivity contribution in [3.63, 3.8) is 0 Å². The van der Waals surface area contributed by atoms with E-state index < -0.39 is 0 Å². The van der Waals surface area contributed by atoms with Crippen LogP contribution in [0.1, 0.15) is 91.9 Å². The molecule has 0 aliphatic rings. The van der Waals surface area contributed by atoms with Crippen LogP contribution in [0.5, 0.6) is 0 Å². The molecule has 0 saturated heterocycles. The predicted molar refractivity (Wildman–Crippen MR) is 97.2 cm³/mol. The van der Waals surface area contributed by atoms with Gasteiger partial charge in [0.2, 0.25) is 0 Å². The first-order chi connectivity index (χ1) is 10.5. The molecule has 2 heteroatoms. The van der Waals surface area contributed by atoms with Crippen LogP contribution >= 0.6 is 0 Å². The molecular formula is C20H36O2. The predicted octanol–water partition coefficient (Wildman–Crippen LogP) is 6.20. The Labute approximate surface area is 138 Å². The molecule has 0 unspecified atom stereocenters. The highest BCUT2D eigenvalue weighted by atomic mass is 16.1. The smallest absolute Gasteiger partial charge is 0.129 e. The maximum Gasteiger partial charge on any atom is 0.129 e. The second-order valence-corrected chi connectivity index (χ2v) is 5.74. The highest BCUT2D eigenvalue weighted by Crippen LogP contribution is 2.04. The van der Waals surface area contributed by atoms with Gasteiger partial charge >= 0.3 is 0 Å². The summed E-state index contributed by atoms with van der Waals surface area (Å²) in [4.78, 5) is 21.0. The molecule has 128 valence electrons. The number of rotatable bonds is 12. The van der Waals surface area contributed by atoms with Crippen LogP contribution in [0.2, 0.25) is 0 Å². The Morgan fingerprint density at radius 2 is 1.00 bits per heavy atom. The lowest BCUT2D eigenvalue weighted by molar-refractivity contribution is -0.117. The summed E-state index contributed by atoms with van der Waals surface area (Å²) in [5.41, 5.74) is 0. The lowest BCUT2D eigenvalue weighted by Crippen LogP contribution is -1.88. The Morgan fingerprint density at radius 1 is 0.636 bits per heavy atom. The van der Waals surface area contributed by atoms with Gasteiger partial charge < -0.3 is 9.59 Å². The van der Waals surface area contributed by atoms with Crippen LogP contribution in [0.3, 0.4) is 0 Å². The number of carbonyl (C=O) groups is 2. The largest absolute Gasteiger partial charge is 0.300 e. The van der Waals surface area contributed by atoms with Gasteiger partial charge in [-0.2, -0.15) is 0 Å². The molecular weight excluding hydrogens is 272 g/mol. The van der Waals surface area contributed by atoms with Gasteiger partial charge in [-0.05, 0) is 66.2 Å². The summed E-state index contributed by atoms with van der Waals surface area (Å²) in [6, 6.07) is 0. The number of hydrogen-bond acceptors (Lipinski definition) is 2. The first-order valence-corrected chi connectivity index (χ1v) is 8.75. The molecule has 0 atom stereocenters. The summed E-state index contributed by atoms with van der Waals surface area (Å²) in [7, 11) is 0. The molecule has 0 saturated carbocycles. The molecule has 0 aromatic rings. The zero-order chi connectivity index (χ0) is 17.1. The highest BCUT2D eigenvalue weighted by molar-refractivity contribution is 5.75. The third kappa shape index (κ3) is 27.2. The van der Waals surface area contributed by atoms with Crippen molar-refractivity contribution in [3.05, 3.63) is 24.3 Å². The SMILES string of the molecule is CC=CCCCCCC(C)=O.CC=CCCCCCC(C)=O. The van der Waals surface area contributed by atoms with E-state index in [4.69, 9.17) is 0 Å². The van der Waals surface area contributed by atoms with Crippen LogP contribution < -0.4 is 0 Å². The Hall–Kier alpha value is -1.18. The van der Waals surface area contributed by atoms with Crippen molar-refractivity contribution in [1.82, 2.24) is 0 Å². The van der Waals surface area contributed by atoms with E-state index in [0.717, 1.165) is 38.5 Å². The Balaban J connectivity index is 0. The molecule has 0 aromatic carbocycles. The van der Waals surface area contributed by atoms with Crippen LogP contribution in [-0.2, 0) is 9.59 Å². The van der Waals surface area contributed by atoms with Crippen molar-refractivity contribution in [2.45, 2.75) is 91.9 Å². The fraction of sp³-hybridized carbons (Fsp3) is 0.700. The molecule has 0 amide bonds. The minimum absolute atomic E-state index is 0.316. The first kappa shape index (κ1) is 23.1. The van der Waals surface area contributed by atoms with Gasteiger partial charge in [0.25, 0.3) is 0 Å². The van der Waals surface area contributed by atoms with E-state index in [-0.39, 0.29) is 0 Å². The Kier molecular flexibility index (Phi) is 20.8. The maximum absolute atomic E-state index is 10.5. The Morgan fingerprint density at radius 3 is 1.27 bits per heavy atom. The van der Waals surface area contributed by atoms with E-state index in [1.54, 1.807) is 13.8 Å². The van der Waals surface area contributed by atoms with Crippen molar-refractivity contribution < 1.29 is 9.59 Å². The van der Waals surface area contributed by atoms with E-state index in [0.29, 0.717) is 11.6 Å². The fourth-order valence-electron chi connectivity index (χ4n) is 1.96. The van der Waals surface area contributed by atoms with E-state index >= 15 is 0 Å². The molecule has 22 heavy (non-hydrogen) atoms. The van der Waals surface area contributed by atoms with Gasteiger partial charge in [0.05, 0.1) is 0 Å². The van der Waals surface area contributed by atoms with Crippen LogP contribution in [-0.4, -0.2) is 11.6 Å². The fourth-order valence-corrected chi connectivity index (χ4v) is 1.96. The summed E-state index contributed by atoms with van der Waals surface area (Å²) < 4.78 is 0. The van der Waals surface area contributed by atoms with Crippen molar-refractivity contribution in [2.75, 3.05) is 0 Å². The maximum atomic E-state index is 10.5. The van der Waals surface area contributed by atoms with E-state index in [9.17, 15) is 9.59 Å². The van der Waals surface area contributed by atoms with E-state index in [1.807, 2.05) is 13.8 Å². The first-order valence-electron chi connectivity index (χ1n) is 8.75. The van der Waals surface area contributed by atoms with Gasteiger partial charge in [-0.3, -0.25) is 0 Å². The molecule has 0 aliphatic heterocycles. The number of carbonyl (C=O) groups excluding carboxylic acids is 2. The third-order valence-corrected chi connectivity index (χ3v) is 3.27. The molecule has 0 N–H and O–H groups in total. The van der Waals surface area contributed by atoms with E-state index in [2.05, 4.69) is 24.3 Å². The summed E-state index contributed by atoms with van der Waals surface area (Å²) in [5.74, 6) is 0.632. The second-order valence-electron chi connectivity index (χ2n) is 5.74. The quantitative estimate of drug-likeness (QED) is 0.317. The molecule has 0 aliphatic carbocycles. The number of hydrogen-bond donors (Lipinski definition) is 0. The normalized spacial score (nSPS) is 10.7. The average Bonchev–Trinajstić information content (AvgIpc) is 2.46. The van der Waals surface area contributed by atoms with Crippen molar-refractivity contribution >= 4 is 11.6 Å². The summed E-state index contributed by atoms with van der Waals surface area (Å²) >= 11 is 0. The van der Waals surface area contributed by atoms with Crippen molar-refractivity contribution in [3.8, 4) is 0 Å². The van der Waals surface area contributed by atoms with Crippen molar-refractivity contribution in [2.24, 2.45) is 0 Å². The van der Waals surface area contributed by atoms with Gasteiger partial charge in [-0.15, -0.1) is 0 Å². The molecule has 0 bridgehead atoms. The summed E-state index contributed by atoms with van der Waals surface area (Å²) in [5, 5.41) is 0. The van der Waals surface area contributed by atoms with Crippen molar-refractivity contribution in [1.29, 1.82) is 0 Å². The molecule has 0 rings (SSSR count). The van der Waals surface area contributed by atoms with Gasteiger partial charge in [0.15, 0.2) is 0 Å². The molecule has 0 aromatic heterocycles. The van der Waals surface area contributed by atoms with Gasteiger partial charge in [-0.25, -0.2) is 0 Å². The van der Waals surface area contributed by atoms with Crippen LogP contribution in [0.4, 0.5) is 0 Å². The molecule has 0 fully saturated rings. The zero-order valence-corrected chi connectivity index (χ0v) is 15.2. The number of ketones is 2. The lowest BCUT2D eigenvalue weighted by atomic mass is 10.1. The monoisotopic (exact) mass is 308 g/mol. The topological polar surface area (TPSA) is 34.1 Å². The Bertz CT molecular complexity index is 282. The second kappa shape index (κ2) is 19.8. The average molecular weight is 309 g/mol. The van der Waals surface area contributed by atoms with Crippen LogP contribution in [0, 0.1) is 0 Å². The molecule has 0 radical (unpaired) electrons. The van der Waals surface area contributed by atoms with Crippen LogP contribution in [0.15, 0.2) is 24.3 Å². The summed E-state index contributed by atoms with van der Waals surface area (Å²) in [6.45, 7) is 7.39. The molecule has 0 spiro atoms.